The number of non-ortho nitro benzene ring substituents is 1. The van der Waals surface area contributed by atoms with Crippen LogP contribution in [0.25, 0.3) is 0 Å². The number of benzene rings is 2. The molecule has 0 fully saturated rings. The molecular weight excluding hydrogens is 343 g/mol. The average molecular weight is 356 g/mol. The number of hydrogen-bond donors (Lipinski definition) is 1. The number of rotatable bonds is 6. The number of carbonyl (C=O) groups is 1. The molecule has 3 rings (SSSR count). The van der Waals surface area contributed by atoms with Crippen molar-refractivity contribution in [3.63, 3.8) is 0 Å². The number of nitro benzene ring substituents is 1. The van der Waals surface area contributed by atoms with Gasteiger partial charge in [0.05, 0.1) is 4.92 Å². The summed E-state index contributed by atoms with van der Waals surface area (Å²) in [4.78, 5) is 22.2. The molecule has 1 heterocycles. The molecule has 0 atom stereocenters. The summed E-state index contributed by atoms with van der Waals surface area (Å²) in [5.41, 5.74) is 0.508. The molecular formula is C17H13FN4O4. The van der Waals surface area contributed by atoms with Crippen molar-refractivity contribution in [2.75, 3.05) is 5.32 Å². The largest absolute Gasteiger partial charge is 0.471 e. The summed E-state index contributed by atoms with van der Waals surface area (Å²) < 4.78 is 19.7. The lowest BCUT2D eigenvalue weighted by molar-refractivity contribution is -0.384. The van der Waals surface area contributed by atoms with E-state index in [4.69, 9.17) is 4.74 Å². The van der Waals surface area contributed by atoms with Gasteiger partial charge in [0.2, 0.25) is 0 Å². The van der Waals surface area contributed by atoms with Crippen molar-refractivity contribution in [3.8, 4) is 5.75 Å². The van der Waals surface area contributed by atoms with Crippen LogP contribution in [0.3, 0.4) is 0 Å². The molecule has 0 spiro atoms. The molecule has 1 amide bonds. The number of anilines is 1. The van der Waals surface area contributed by atoms with E-state index in [2.05, 4.69) is 10.4 Å². The Bertz CT molecular complexity index is 923. The van der Waals surface area contributed by atoms with Crippen LogP contribution in [-0.4, -0.2) is 20.6 Å². The number of halogens is 1. The number of nitro groups is 1. The molecule has 1 aromatic heterocycles. The van der Waals surface area contributed by atoms with Gasteiger partial charge < -0.3 is 10.1 Å². The third-order valence-corrected chi connectivity index (χ3v) is 3.39. The van der Waals surface area contributed by atoms with E-state index in [1.54, 1.807) is 6.20 Å². The fourth-order valence-corrected chi connectivity index (χ4v) is 2.09. The molecule has 0 saturated heterocycles. The monoisotopic (exact) mass is 356 g/mol. The molecule has 0 aliphatic heterocycles. The normalized spacial score (nSPS) is 10.3. The standard InChI is InChI=1S/C17H13FN4O4/c18-12-1-7-15(8-2-12)26-11-21-10-9-16(20-21)17(23)19-13-3-5-14(6-4-13)22(24)25/h1-10H,11H2,(H,19,23). The van der Waals surface area contributed by atoms with Crippen molar-refractivity contribution in [2.45, 2.75) is 6.73 Å². The first kappa shape index (κ1) is 17.1. The van der Waals surface area contributed by atoms with Crippen LogP contribution >= 0.6 is 0 Å². The summed E-state index contributed by atoms with van der Waals surface area (Å²) in [7, 11) is 0. The van der Waals surface area contributed by atoms with Gasteiger partial charge in [0, 0.05) is 24.0 Å². The maximum absolute atomic E-state index is 12.8. The van der Waals surface area contributed by atoms with E-state index in [9.17, 15) is 19.3 Å². The van der Waals surface area contributed by atoms with Crippen molar-refractivity contribution in [2.24, 2.45) is 0 Å². The first-order valence-electron chi connectivity index (χ1n) is 7.49. The molecule has 0 unspecified atom stereocenters. The summed E-state index contributed by atoms with van der Waals surface area (Å²) in [6.07, 6.45) is 1.56. The van der Waals surface area contributed by atoms with Crippen LogP contribution in [0.5, 0.6) is 5.75 Å². The van der Waals surface area contributed by atoms with Crippen LogP contribution in [0.1, 0.15) is 10.5 Å². The second-order valence-corrected chi connectivity index (χ2v) is 5.23. The van der Waals surface area contributed by atoms with E-state index < -0.39 is 10.8 Å². The summed E-state index contributed by atoms with van der Waals surface area (Å²) >= 11 is 0. The van der Waals surface area contributed by atoms with Crippen LogP contribution < -0.4 is 10.1 Å². The summed E-state index contributed by atoms with van der Waals surface area (Å²) in [6.45, 7) is 0.0520. The Morgan fingerprint density at radius 1 is 1.15 bits per heavy atom. The van der Waals surface area contributed by atoms with Gasteiger partial charge in [-0.1, -0.05) is 0 Å². The van der Waals surface area contributed by atoms with Crippen molar-refractivity contribution in [3.05, 3.63) is 82.4 Å². The lowest BCUT2D eigenvalue weighted by atomic mass is 10.3. The van der Waals surface area contributed by atoms with E-state index in [1.807, 2.05) is 0 Å². The Balaban J connectivity index is 1.58. The van der Waals surface area contributed by atoms with Gasteiger partial charge in [-0.3, -0.25) is 14.9 Å². The minimum atomic E-state index is -0.519. The van der Waals surface area contributed by atoms with Gasteiger partial charge in [-0.15, -0.1) is 0 Å². The SMILES string of the molecule is O=C(Nc1ccc([N+](=O)[O-])cc1)c1ccn(COc2ccc(F)cc2)n1. The number of ether oxygens (including phenoxy) is 1. The maximum Gasteiger partial charge on any atom is 0.276 e. The molecule has 2 aromatic carbocycles. The van der Waals surface area contributed by atoms with Crippen LogP contribution in [0.15, 0.2) is 60.8 Å². The Morgan fingerprint density at radius 2 is 1.85 bits per heavy atom. The predicted octanol–water partition coefficient (Wildman–Crippen LogP) is 3.22. The van der Waals surface area contributed by atoms with Crippen LogP contribution in [0, 0.1) is 15.9 Å². The molecule has 0 radical (unpaired) electrons. The minimum absolute atomic E-state index is 0.0520. The number of nitrogens with zero attached hydrogens (tertiary/aromatic N) is 3. The zero-order chi connectivity index (χ0) is 18.5. The van der Waals surface area contributed by atoms with Gasteiger partial charge in [0.25, 0.3) is 11.6 Å². The summed E-state index contributed by atoms with van der Waals surface area (Å²) in [5, 5.41) is 17.3. The van der Waals surface area contributed by atoms with Crippen molar-refractivity contribution in [1.82, 2.24) is 9.78 Å². The quantitative estimate of drug-likeness (QED) is 0.540. The molecule has 0 aliphatic carbocycles. The zero-order valence-electron chi connectivity index (χ0n) is 13.3. The predicted molar refractivity (Wildman–Crippen MR) is 90.3 cm³/mol. The number of hydrogen-bond acceptors (Lipinski definition) is 5. The first-order chi connectivity index (χ1) is 12.5. The fourth-order valence-electron chi connectivity index (χ4n) is 2.09. The van der Waals surface area contributed by atoms with E-state index in [0.29, 0.717) is 11.4 Å². The summed E-state index contributed by atoms with van der Waals surface area (Å²) in [5.74, 6) is -0.347. The number of aromatic nitrogens is 2. The van der Waals surface area contributed by atoms with Crippen molar-refractivity contribution in [1.29, 1.82) is 0 Å². The molecule has 132 valence electrons. The molecule has 26 heavy (non-hydrogen) atoms. The molecule has 8 nitrogen and oxygen atoms in total. The van der Waals surface area contributed by atoms with Crippen molar-refractivity contribution < 1.29 is 18.8 Å². The second-order valence-electron chi connectivity index (χ2n) is 5.23. The first-order valence-corrected chi connectivity index (χ1v) is 7.49. The Kier molecular flexibility index (Phi) is 4.88. The second kappa shape index (κ2) is 7.43. The molecule has 9 heteroatoms. The third-order valence-electron chi connectivity index (χ3n) is 3.39. The molecule has 0 aliphatic rings. The minimum Gasteiger partial charge on any atom is -0.471 e. The zero-order valence-corrected chi connectivity index (χ0v) is 13.3. The lowest BCUT2D eigenvalue weighted by Gasteiger charge is -2.06. The molecule has 1 N–H and O–H groups in total. The van der Waals surface area contributed by atoms with Gasteiger partial charge in [0.15, 0.2) is 12.4 Å². The van der Waals surface area contributed by atoms with Gasteiger partial charge in [-0.2, -0.15) is 5.10 Å². The Hall–Kier alpha value is -3.75. The maximum atomic E-state index is 12.8. The topological polar surface area (TPSA) is 99.3 Å². The van der Waals surface area contributed by atoms with E-state index in [0.717, 1.165) is 0 Å². The van der Waals surface area contributed by atoms with E-state index in [1.165, 1.54) is 59.3 Å². The van der Waals surface area contributed by atoms with Gasteiger partial charge in [-0.25, -0.2) is 9.07 Å². The Morgan fingerprint density at radius 3 is 2.50 bits per heavy atom. The Labute approximate surface area is 147 Å². The highest BCUT2D eigenvalue weighted by Gasteiger charge is 2.11. The highest BCUT2D eigenvalue weighted by molar-refractivity contribution is 6.02. The molecule has 0 saturated carbocycles. The number of nitrogens with one attached hydrogen (secondary N) is 1. The summed E-state index contributed by atoms with van der Waals surface area (Å²) in [6, 6.07) is 12.5. The average Bonchev–Trinajstić information content (AvgIpc) is 3.11. The van der Waals surface area contributed by atoms with Crippen LogP contribution in [0.4, 0.5) is 15.8 Å². The van der Waals surface area contributed by atoms with Gasteiger partial charge in [-0.05, 0) is 42.5 Å². The van der Waals surface area contributed by atoms with Gasteiger partial charge >= 0.3 is 0 Å². The molecule has 0 bridgehead atoms. The number of amides is 1. The van der Waals surface area contributed by atoms with E-state index >= 15 is 0 Å². The number of carbonyl (C=O) groups excluding carboxylic acids is 1. The third kappa shape index (κ3) is 4.20. The van der Waals surface area contributed by atoms with E-state index in [-0.39, 0.29) is 23.9 Å². The highest BCUT2D eigenvalue weighted by atomic mass is 19.1. The van der Waals surface area contributed by atoms with Crippen LogP contribution in [-0.2, 0) is 6.73 Å². The fraction of sp³-hybridized carbons (Fsp3) is 0.0588. The smallest absolute Gasteiger partial charge is 0.276 e. The molecule has 3 aromatic rings. The lowest BCUT2D eigenvalue weighted by Crippen LogP contribution is -2.14. The van der Waals surface area contributed by atoms with Gasteiger partial charge in [0.1, 0.15) is 11.6 Å². The van der Waals surface area contributed by atoms with Crippen LogP contribution in [0.2, 0.25) is 0 Å². The highest BCUT2D eigenvalue weighted by Crippen LogP contribution is 2.16. The van der Waals surface area contributed by atoms with Crippen molar-refractivity contribution >= 4 is 17.3 Å².